The molecule has 1 N–H and O–H groups in total. The maximum absolute atomic E-state index is 11.0. The van der Waals surface area contributed by atoms with Gasteiger partial charge in [-0.1, -0.05) is 0 Å². The molecule has 1 fully saturated rings. The van der Waals surface area contributed by atoms with E-state index in [1.807, 2.05) is 0 Å². The topological polar surface area (TPSA) is 61.2 Å². The van der Waals surface area contributed by atoms with Crippen LogP contribution in [0.4, 0.5) is 0 Å². The van der Waals surface area contributed by atoms with Crippen LogP contribution in [0.2, 0.25) is 0 Å². The van der Waals surface area contributed by atoms with Crippen LogP contribution in [0.3, 0.4) is 0 Å². The third kappa shape index (κ3) is 3.74. The fourth-order valence-electron chi connectivity index (χ4n) is 1.08. The van der Waals surface area contributed by atoms with Crippen LogP contribution in [-0.4, -0.2) is 49.5 Å². The zero-order valence-corrected chi connectivity index (χ0v) is 9.59. The molecule has 0 aromatic heterocycles. The zero-order chi connectivity index (χ0) is 9.19. The van der Waals surface area contributed by atoms with Crippen molar-refractivity contribution < 1.29 is 8.42 Å². The molecule has 0 bridgehead atoms. The van der Waals surface area contributed by atoms with Crippen molar-refractivity contribution in [3.05, 3.63) is 0 Å². The highest BCUT2D eigenvalue weighted by atomic mass is 35.5. The SMILES string of the molecule is Cl.N=C(CS)N1CCS(=O)(=O)CC1. The number of nitrogens with one attached hydrogen (secondary N) is 1. The second-order valence-corrected chi connectivity index (χ2v) is 5.36. The van der Waals surface area contributed by atoms with Gasteiger partial charge >= 0.3 is 0 Å². The molecule has 0 aromatic rings. The lowest BCUT2D eigenvalue weighted by molar-refractivity contribution is 0.439. The number of hydrogen-bond acceptors (Lipinski definition) is 4. The smallest absolute Gasteiger partial charge is 0.153 e. The Labute approximate surface area is 89.9 Å². The quantitative estimate of drug-likeness (QED) is 0.389. The lowest BCUT2D eigenvalue weighted by Crippen LogP contribution is -2.44. The predicted molar refractivity (Wildman–Crippen MR) is 59.1 cm³/mol. The number of rotatable bonds is 1. The first-order valence-corrected chi connectivity index (χ1v) is 6.14. The molecule has 13 heavy (non-hydrogen) atoms. The van der Waals surface area contributed by atoms with Gasteiger partial charge in [-0.2, -0.15) is 12.6 Å². The standard InChI is InChI=1S/C6H12N2O2S2.ClH/c7-6(5-11)8-1-3-12(9,10)4-2-8;/h7,11H,1-5H2;1H. The Kier molecular flexibility index (Phi) is 5.09. The molecule has 0 aromatic carbocycles. The molecular weight excluding hydrogens is 232 g/mol. The Morgan fingerprint density at radius 3 is 2.23 bits per heavy atom. The van der Waals surface area contributed by atoms with Gasteiger partial charge in [-0.3, -0.25) is 5.41 Å². The van der Waals surface area contributed by atoms with Gasteiger partial charge in [0, 0.05) is 18.8 Å². The largest absolute Gasteiger partial charge is 0.358 e. The zero-order valence-electron chi connectivity index (χ0n) is 7.06. The first-order valence-electron chi connectivity index (χ1n) is 3.69. The highest BCUT2D eigenvalue weighted by molar-refractivity contribution is 7.91. The Balaban J connectivity index is 0.00000144. The summed E-state index contributed by atoms with van der Waals surface area (Å²) in [4.78, 5) is 1.76. The first-order chi connectivity index (χ1) is 5.55. The summed E-state index contributed by atoms with van der Waals surface area (Å²) in [5, 5.41) is 7.42. The monoisotopic (exact) mass is 244 g/mol. The molecule has 0 amide bonds. The number of amidine groups is 1. The van der Waals surface area contributed by atoms with Gasteiger partial charge in [-0.05, 0) is 0 Å². The molecule has 78 valence electrons. The van der Waals surface area contributed by atoms with Crippen LogP contribution in [-0.2, 0) is 9.84 Å². The summed E-state index contributed by atoms with van der Waals surface area (Å²) in [5.74, 6) is 1.13. The van der Waals surface area contributed by atoms with E-state index >= 15 is 0 Å². The van der Waals surface area contributed by atoms with Gasteiger partial charge in [-0.25, -0.2) is 8.42 Å². The average molecular weight is 245 g/mol. The maximum Gasteiger partial charge on any atom is 0.153 e. The van der Waals surface area contributed by atoms with Gasteiger partial charge in [0.25, 0.3) is 0 Å². The van der Waals surface area contributed by atoms with E-state index in [2.05, 4.69) is 12.6 Å². The molecule has 0 atom stereocenters. The summed E-state index contributed by atoms with van der Waals surface area (Å²) in [6, 6.07) is 0. The van der Waals surface area contributed by atoms with Crippen LogP contribution in [0.25, 0.3) is 0 Å². The molecule has 0 aliphatic carbocycles. The van der Waals surface area contributed by atoms with Crippen molar-refractivity contribution in [1.82, 2.24) is 4.90 Å². The van der Waals surface area contributed by atoms with Gasteiger partial charge in [-0.15, -0.1) is 12.4 Å². The van der Waals surface area contributed by atoms with E-state index in [0.29, 0.717) is 24.7 Å². The number of hydrogen-bond donors (Lipinski definition) is 2. The number of nitrogens with zero attached hydrogens (tertiary/aromatic N) is 1. The van der Waals surface area contributed by atoms with Crippen molar-refractivity contribution in [3.63, 3.8) is 0 Å². The fourth-order valence-corrected chi connectivity index (χ4v) is 2.48. The van der Waals surface area contributed by atoms with Crippen LogP contribution >= 0.6 is 25.0 Å². The van der Waals surface area contributed by atoms with E-state index in [9.17, 15) is 8.42 Å². The Hall–Kier alpha value is 0.0600. The van der Waals surface area contributed by atoms with Crippen LogP contribution in [0.1, 0.15) is 0 Å². The molecule has 1 heterocycles. The summed E-state index contributed by atoms with van der Waals surface area (Å²) >= 11 is 3.95. The minimum absolute atomic E-state index is 0. The number of sulfone groups is 1. The Morgan fingerprint density at radius 2 is 1.85 bits per heavy atom. The van der Waals surface area contributed by atoms with Gasteiger partial charge in [0.05, 0.1) is 11.5 Å². The second kappa shape index (κ2) is 5.07. The molecule has 1 aliphatic heterocycles. The maximum atomic E-state index is 11.0. The van der Waals surface area contributed by atoms with Crippen LogP contribution in [0.5, 0.6) is 0 Å². The molecular formula is C6H13ClN2O2S2. The summed E-state index contributed by atoms with van der Waals surface area (Å²) < 4.78 is 22.0. The average Bonchev–Trinajstić information content (AvgIpc) is 2.03. The second-order valence-electron chi connectivity index (χ2n) is 2.74. The van der Waals surface area contributed by atoms with E-state index in [4.69, 9.17) is 5.41 Å². The predicted octanol–water partition coefficient (Wildman–Crippen LogP) is 0.0457. The van der Waals surface area contributed by atoms with Crippen molar-refractivity contribution in [3.8, 4) is 0 Å². The van der Waals surface area contributed by atoms with Crippen molar-refractivity contribution >= 4 is 40.7 Å². The molecule has 0 radical (unpaired) electrons. The normalized spacial score (nSPS) is 20.5. The molecule has 4 nitrogen and oxygen atoms in total. The fraction of sp³-hybridized carbons (Fsp3) is 0.833. The lowest BCUT2D eigenvalue weighted by Gasteiger charge is -2.28. The number of thiol groups is 1. The highest BCUT2D eigenvalue weighted by Gasteiger charge is 2.22. The van der Waals surface area contributed by atoms with Gasteiger partial charge in [0.2, 0.25) is 0 Å². The first kappa shape index (κ1) is 13.1. The Bertz CT molecular complexity index is 264. The highest BCUT2D eigenvalue weighted by Crippen LogP contribution is 2.04. The van der Waals surface area contributed by atoms with Crippen LogP contribution < -0.4 is 0 Å². The number of halogens is 1. The van der Waals surface area contributed by atoms with E-state index in [1.165, 1.54) is 0 Å². The summed E-state index contributed by atoms with van der Waals surface area (Å²) in [5.41, 5.74) is 0. The van der Waals surface area contributed by atoms with E-state index in [-0.39, 0.29) is 23.9 Å². The van der Waals surface area contributed by atoms with E-state index < -0.39 is 9.84 Å². The van der Waals surface area contributed by atoms with E-state index in [1.54, 1.807) is 4.90 Å². The minimum Gasteiger partial charge on any atom is -0.358 e. The van der Waals surface area contributed by atoms with Crippen molar-refractivity contribution in [2.75, 3.05) is 30.3 Å². The lowest BCUT2D eigenvalue weighted by atomic mass is 10.4. The molecule has 1 saturated heterocycles. The van der Waals surface area contributed by atoms with Gasteiger partial charge in [0.1, 0.15) is 5.84 Å². The minimum atomic E-state index is -2.82. The van der Waals surface area contributed by atoms with Crippen molar-refractivity contribution in [2.24, 2.45) is 0 Å². The molecule has 0 saturated carbocycles. The molecule has 7 heteroatoms. The van der Waals surface area contributed by atoms with Crippen molar-refractivity contribution in [1.29, 1.82) is 5.41 Å². The molecule has 1 aliphatic rings. The summed E-state index contributed by atoms with van der Waals surface area (Å²) in [6.07, 6.45) is 0. The summed E-state index contributed by atoms with van der Waals surface area (Å²) in [6.45, 7) is 0.892. The Morgan fingerprint density at radius 1 is 1.38 bits per heavy atom. The van der Waals surface area contributed by atoms with Gasteiger partial charge < -0.3 is 4.90 Å². The van der Waals surface area contributed by atoms with Crippen LogP contribution in [0, 0.1) is 5.41 Å². The molecule has 0 unspecified atom stereocenters. The van der Waals surface area contributed by atoms with Crippen LogP contribution in [0.15, 0.2) is 0 Å². The van der Waals surface area contributed by atoms with Crippen molar-refractivity contribution in [2.45, 2.75) is 0 Å². The third-order valence-corrected chi connectivity index (χ3v) is 3.78. The third-order valence-electron chi connectivity index (χ3n) is 1.88. The summed E-state index contributed by atoms with van der Waals surface area (Å²) in [7, 11) is -2.82. The van der Waals surface area contributed by atoms with E-state index in [0.717, 1.165) is 0 Å². The van der Waals surface area contributed by atoms with Gasteiger partial charge in [0.15, 0.2) is 9.84 Å². The molecule has 1 rings (SSSR count). The molecule has 0 spiro atoms.